The molecule has 0 bridgehead atoms. The van der Waals surface area contributed by atoms with Crippen LogP contribution < -0.4 is 0 Å². The number of hydrogen-bond donors (Lipinski definition) is 1. The maximum Gasteiger partial charge on any atom is 0.475 e. The molecule has 0 saturated heterocycles. The van der Waals surface area contributed by atoms with Gasteiger partial charge in [0.1, 0.15) is 6.61 Å². The molecule has 0 aromatic heterocycles. The molecule has 1 N–H and O–H groups in total. The van der Waals surface area contributed by atoms with Gasteiger partial charge in [0, 0.05) is 5.92 Å². The van der Waals surface area contributed by atoms with Gasteiger partial charge in [-0.1, -0.05) is 67.6 Å². The standard InChI is InChI=1S/C35H44F3O6P/c1-33-18-16-28-27-17-19-34(40,35(36,37)38)20-26(27)12-13-29(28)30(33)14-15-31(33)32(39)23-44-45(41,42-21-24-8-4-2-5-9-24)43-22-25-10-6-3-7-11-25/h2-11,26-31,40H,12-23H2,1H3/t26-,27+,28-,29-,30+,31-,33+,34-/m1/s1. The maximum absolute atomic E-state index is 13.8. The van der Waals surface area contributed by atoms with Gasteiger partial charge in [-0.25, -0.2) is 4.57 Å². The largest absolute Gasteiger partial charge is 0.475 e. The van der Waals surface area contributed by atoms with Crippen molar-refractivity contribution in [2.45, 2.75) is 89.7 Å². The van der Waals surface area contributed by atoms with Crippen LogP contribution in [0.1, 0.15) is 75.8 Å². The topological polar surface area (TPSA) is 82.1 Å². The lowest BCUT2D eigenvalue weighted by atomic mass is 9.49. The molecule has 6 rings (SSSR count). The molecule has 0 spiro atoms. The van der Waals surface area contributed by atoms with Crippen molar-refractivity contribution >= 4 is 13.6 Å². The number of rotatable bonds is 10. The van der Waals surface area contributed by atoms with Gasteiger partial charge < -0.3 is 5.11 Å². The summed E-state index contributed by atoms with van der Waals surface area (Å²) in [5, 5.41) is 10.4. The molecule has 0 unspecified atom stereocenters. The second kappa shape index (κ2) is 12.9. The first-order valence-electron chi connectivity index (χ1n) is 16.3. The van der Waals surface area contributed by atoms with Crippen LogP contribution in [0.2, 0.25) is 0 Å². The van der Waals surface area contributed by atoms with Gasteiger partial charge in [0.15, 0.2) is 11.4 Å². The van der Waals surface area contributed by atoms with Crippen LogP contribution in [0.3, 0.4) is 0 Å². The van der Waals surface area contributed by atoms with Crippen molar-refractivity contribution in [3.63, 3.8) is 0 Å². The van der Waals surface area contributed by atoms with Crippen molar-refractivity contribution < 1.29 is 41.2 Å². The van der Waals surface area contributed by atoms with Crippen molar-refractivity contribution in [3.05, 3.63) is 71.8 Å². The van der Waals surface area contributed by atoms with Crippen LogP contribution in [0.5, 0.6) is 0 Å². The number of aliphatic hydroxyl groups is 1. The Morgan fingerprint density at radius 3 is 2.02 bits per heavy atom. The molecule has 4 fully saturated rings. The summed E-state index contributed by atoms with van der Waals surface area (Å²) >= 11 is 0. The molecule has 10 heteroatoms. The van der Waals surface area contributed by atoms with E-state index in [-0.39, 0.29) is 61.6 Å². The fourth-order valence-electron chi connectivity index (χ4n) is 9.48. The Morgan fingerprint density at radius 1 is 0.822 bits per heavy atom. The van der Waals surface area contributed by atoms with E-state index in [1.165, 1.54) is 0 Å². The molecule has 0 heterocycles. The third-order valence-corrected chi connectivity index (χ3v) is 13.1. The first-order valence-corrected chi connectivity index (χ1v) is 17.8. The summed E-state index contributed by atoms with van der Waals surface area (Å²) in [6.45, 7) is 1.84. The minimum Gasteiger partial charge on any atom is -0.380 e. The highest BCUT2D eigenvalue weighted by Gasteiger charge is 2.62. The Bertz CT molecular complexity index is 1320. The number of carbonyl (C=O) groups excluding carboxylic acids is 1. The average Bonchev–Trinajstić information content (AvgIpc) is 3.39. The van der Waals surface area contributed by atoms with E-state index >= 15 is 0 Å². The number of alkyl halides is 3. The van der Waals surface area contributed by atoms with Crippen molar-refractivity contribution in [1.29, 1.82) is 0 Å². The van der Waals surface area contributed by atoms with E-state index < -0.39 is 19.6 Å². The molecule has 0 radical (unpaired) electrons. The van der Waals surface area contributed by atoms with Crippen molar-refractivity contribution in [1.82, 2.24) is 0 Å². The molecular weight excluding hydrogens is 604 g/mol. The summed E-state index contributed by atoms with van der Waals surface area (Å²) in [7, 11) is -4.09. The zero-order chi connectivity index (χ0) is 31.9. The van der Waals surface area contributed by atoms with Crippen LogP contribution in [0.25, 0.3) is 0 Å². The van der Waals surface area contributed by atoms with E-state index in [2.05, 4.69) is 6.92 Å². The Balaban J connectivity index is 1.10. The summed E-state index contributed by atoms with van der Waals surface area (Å²) in [4.78, 5) is 13.8. The average molecular weight is 649 g/mol. The summed E-state index contributed by atoms with van der Waals surface area (Å²) in [6.07, 6.45) is 0.254. The van der Waals surface area contributed by atoms with E-state index in [1.807, 2.05) is 60.7 Å². The number of phosphoric ester groups is 1. The first-order chi connectivity index (χ1) is 21.4. The molecule has 4 aliphatic carbocycles. The van der Waals surface area contributed by atoms with Gasteiger partial charge >= 0.3 is 14.0 Å². The highest BCUT2D eigenvalue weighted by molar-refractivity contribution is 7.48. The molecule has 8 atom stereocenters. The van der Waals surface area contributed by atoms with E-state index in [0.29, 0.717) is 37.0 Å². The minimum atomic E-state index is -4.59. The minimum absolute atomic E-state index is 0.00984. The lowest BCUT2D eigenvalue weighted by Gasteiger charge is -2.57. The molecule has 246 valence electrons. The fraction of sp³-hybridized carbons (Fsp3) is 0.629. The van der Waals surface area contributed by atoms with Crippen LogP contribution in [0.15, 0.2) is 60.7 Å². The number of hydrogen-bond acceptors (Lipinski definition) is 6. The van der Waals surface area contributed by atoms with Crippen molar-refractivity contribution in [2.75, 3.05) is 6.61 Å². The van der Waals surface area contributed by atoms with E-state index in [0.717, 1.165) is 36.8 Å². The number of phosphoric acid groups is 1. The summed E-state index contributed by atoms with van der Waals surface area (Å²) in [5.74, 6) is 0.752. The van der Waals surface area contributed by atoms with Gasteiger partial charge in [-0.3, -0.25) is 18.4 Å². The number of halogens is 3. The monoisotopic (exact) mass is 648 g/mol. The second-order valence-corrected chi connectivity index (χ2v) is 15.8. The Kier molecular flexibility index (Phi) is 9.41. The number of Topliss-reactive ketones (excluding diaryl/α,β-unsaturated/α-hetero) is 1. The van der Waals surface area contributed by atoms with E-state index in [9.17, 15) is 27.6 Å². The number of benzene rings is 2. The molecule has 0 amide bonds. The predicted molar refractivity (Wildman–Crippen MR) is 163 cm³/mol. The van der Waals surface area contributed by atoms with Crippen LogP contribution in [0.4, 0.5) is 13.2 Å². The molecular formula is C35H44F3O6P. The Labute approximate surface area is 263 Å². The lowest BCUT2D eigenvalue weighted by molar-refractivity contribution is -0.282. The maximum atomic E-state index is 13.8. The molecule has 0 aliphatic heterocycles. The lowest BCUT2D eigenvalue weighted by Crippen LogP contribution is -2.55. The molecule has 2 aromatic rings. The smallest absolute Gasteiger partial charge is 0.380 e. The Hall–Kier alpha value is -2.03. The van der Waals surface area contributed by atoms with Gasteiger partial charge in [-0.2, -0.15) is 13.2 Å². The quantitative estimate of drug-likeness (QED) is 0.260. The van der Waals surface area contributed by atoms with E-state index in [1.54, 1.807) is 0 Å². The molecule has 2 aromatic carbocycles. The van der Waals surface area contributed by atoms with Gasteiger partial charge in [0.2, 0.25) is 0 Å². The molecule has 4 saturated carbocycles. The van der Waals surface area contributed by atoms with Crippen molar-refractivity contribution in [3.8, 4) is 0 Å². The van der Waals surface area contributed by atoms with Crippen LogP contribution in [0, 0.1) is 40.9 Å². The van der Waals surface area contributed by atoms with Crippen LogP contribution in [-0.2, 0) is 36.1 Å². The summed E-state index contributed by atoms with van der Waals surface area (Å²) < 4.78 is 71.8. The van der Waals surface area contributed by atoms with Gasteiger partial charge in [0.25, 0.3) is 0 Å². The van der Waals surface area contributed by atoms with Crippen LogP contribution in [-0.4, -0.2) is 29.3 Å². The second-order valence-electron chi connectivity index (χ2n) is 14.1. The highest BCUT2D eigenvalue weighted by atomic mass is 31.2. The fourth-order valence-corrected chi connectivity index (χ4v) is 10.6. The molecule has 6 nitrogen and oxygen atoms in total. The number of ketones is 1. The van der Waals surface area contributed by atoms with Gasteiger partial charge in [-0.05, 0) is 104 Å². The third-order valence-electron chi connectivity index (χ3n) is 11.8. The predicted octanol–water partition coefficient (Wildman–Crippen LogP) is 8.68. The zero-order valence-electron chi connectivity index (χ0n) is 25.8. The number of fused-ring (bicyclic) bond motifs is 5. The highest BCUT2D eigenvalue weighted by Crippen LogP contribution is 2.65. The third kappa shape index (κ3) is 6.71. The zero-order valence-corrected chi connectivity index (χ0v) is 26.7. The van der Waals surface area contributed by atoms with Crippen molar-refractivity contribution in [2.24, 2.45) is 40.9 Å². The Morgan fingerprint density at radius 2 is 1.42 bits per heavy atom. The number of carbonyl (C=O) groups is 1. The summed E-state index contributed by atoms with van der Waals surface area (Å²) in [6, 6.07) is 18.6. The molecule has 4 aliphatic rings. The SMILES string of the molecule is C[C@]12CC[C@H]3[C@@H](CC[C@@H]4C[C@@](O)(C(F)(F)F)CC[C@@H]43)[C@@H]1CC[C@@H]2C(=O)COP(=O)(OCc1ccccc1)OCc1ccccc1. The molecule has 45 heavy (non-hydrogen) atoms. The van der Waals surface area contributed by atoms with E-state index in [4.69, 9.17) is 13.6 Å². The normalized spacial score (nSPS) is 34.9. The summed E-state index contributed by atoms with van der Waals surface area (Å²) in [5.41, 5.74) is -1.20. The first kappa shape index (κ1) is 32.9. The van der Waals surface area contributed by atoms with Crippen LogP contribution >= 0.6 is 7.82 Å². The van der Waals surface area contributed by atoms with Gasteiger partial charge in [-0.15, -0.1) is 0 Å². The van der Waals surface area contributed by atoms with Gasteiger partial charge in [0.05, 0.1) is 13.2 Å².